The number of amides is 2. The van der Waals surface area contributed by atoms with Gasteiger partial charge in [-0.2, -0.15) is 0 Å². The Balaban J connectivity index is 2.14. The second kappa shape index (κ2) is 5.25. The molecule has 0 aromatic carbocycles. The van der Waals surface area contributed by atoms with E-state index in [4.69, 9.17) is 9.47 Å². The van der Waals surface area contributed by atoms with E-state index in [2.05, 4.69) is 0 Å². The molecular weight excluding hydrogens is 286 g/mol. The molecule has 2 unspecified atom stereocenters. The lowest BCUT2D eigenvalue weighted by Crippen LogP contribution is -2.46. The van der Waals surface area contributed by atoms with E-state index in [1.165, 1.54) is 0 Å². The van der Waals surface area contributed by atoms with Crippen molar-refractivity contribution in [2.24, 2.45) is 11.8 Å². The van der Waals surface area contributed by atoms with Crippen LogP contribution in [0.25, 0.3) is 0 Å². The Bertz CT molecular complexity index is 458. The Labute approximate surface area is 131 Å². The summed E-state index contributed by atoms with van der Waals surface area (Å²) in [7, 11) is 0. The molecule has 0 heterocycles. The van der Waals surface area contributed by atoms with Crippen LogP contribution in [-0.2, 0) is 14.3 Å². The van der Waals surface area contributed by atoms with Gasteiger partial charge in [-0.25, -0.2) is 14.5 Å². The quantitative estimate of drug-likeness (QED) is 0.744. The van der Waals surface area contributed by atoms with Gasteiger partial charge in [0.25, 0.3) is 0 Å². The highest BCUT2D eigenvalue weighted by atomic mass is 16.6. The molecule has 2 saturated carbocycles. The summed E-state index contributed by atoms with van der Waals surface area (Å²) in [4.78, 5) is 37.3. The number of fused-ring (bicyclic) bond motifs is 1. The predicted octanol–water partition coefficient (Wildman–Crippen LogP) is 3.14. The van der Waals surface area contributed by atoms with Gasteiger partial charge in [0.1, 0.15) is 17.0 Å². The molecule has 2 amide bonds. The summed E-state index contributed by atoms with van der Waals surface area (Å²) in [6.45, 7) is 10.5. The van der Waals surface area contributed by atoms with Gasteiger partial charge in [0.15, 0.2) is 0 Å². The second-order valence-corrected chi connectivity index (χ2v) is 8.10. The van der Waals surface area contributed by atoms with Gasteiger partial charge in [-0.1, -0.05) is 0 Å². The molecule has 2 fully saturated rings. The highest BCUT2D eigenvalue weighted by Crippen LogP contribution is 2.53. The largest absolute Gasteiger partial charge is 0.443 e. The van der Waals surface area contributed by atoms with Crippen LogP contribution in [0.5, 0.6) is 0 Å². The van der Waals surface area contributed by atoms with Crippen molar-refractivity contribution in [3.63, 3.8) is 0 Å². The molecule has 2 aliphatic rings. The van der Waals surface area contributed by atoms with Crippen LogP contribution in [0, 0.1) is 11.8 Å². The Morgan fingerprint density at radius 1 is 0.909 bits per heavy atom. The van der Waals surface area contributed by atoms with Crippen molar-refractivity contribution in [1.82, 2.24) is 4.90 Å². The summed E-state index contributed by atoms with van der Waals surface area (Å²) in [5, 5.41) is 0. The normalized spacial score (nSPS) is 27.2. The summed E-state index contributed by atoms with van der Waals surface area (Å²) in [6.07, 6.45) is -0.545. The van der Waals surface area contributed by atoms with E-state index in [1.54, 1.807) is 41.5 Å². The lowest BCUT2D eigenvalue weighted by atomic mass is 10.2. The second-order valence-electron chi connectivity index (χ2n) is 8.10. The zero-order valence-electron chi connectivity index (χ0n) is 14.1. The van der Waals surface area contributed by atoms with Gasteiger partial charge >= 0.3 is 12.2 Å². The van der Waals surface area contributed by atoms with Crippen molar-refractivity contribution in [3.05, 3.63) is 0 Å². The van der Waals surface area contributed by atoms with Crippen LogP contribution in [0.2, 0.25) is 0 Å². The van der Waals surface area contributed by atoms with Gasteiger partial charge in [0.05, 0.1) is 6.04 Å². The molecule has 124 valence electrons. The van der Waals surface area contributed by atoms with E-state index >= 15 is 0 Å². The molecule has 0 spiro atoms. The lowest BCUT2D eigenvalue weighted by Gasteiger charge is -2.29. The van der Waals surface area contributed by atoms with E-state index in [0.717, 1.165) is 4.90 Å². The average molecular weight is 311 g/mol. The molecule has 3 atom stereocenters. The minimum atomic E-state index is -0.700. The molecule has 0 bridgehead atoms. The number of ketones is 1. The maximum absolute atomic E-state index is 12.4. The maximum Gasteiger partial charge on any atom is 0.420 e. The summed E-state index contributed by atoms with van der Waals surface area (Å²) in [5.74, 6) is 0.319. The van der Waals surface area contributed by atoms with Gasteiger partial charge in [-0.15, -0.1) is 0 Å². The highest BCUT2D eigenvalue weighted by Gasteiger charge is 2.62. The Hall–Kier alpha value is -1.59. The van der Waals surface area contributed by atoms with Crippen LogP contribution in [0.4, 0.5) is 9.59 Å². The zero-order chi connectivity index (χ0) is 16.9. The first-order valence-corrected chi connectivity index (χ1v) is 7.66. The van der Waals surface area contributed by atoms with Crippen molar-refractivity contribution in [3.8, 4) is 0 Å². The first kappa shape index (κ1) is 16.8. The van der Waals surface area contributed by atoms with Crippen molar-refractivity contribution >= 4 is 18.0 Å². The lowest BCUT2D eigenvalue weighted by molar-refractivity contribution is -0.118. The Morgan fingerprint density at radius 2 is 1.27 bits per heavy atom. The van der Waals surface area contributed by atoms with E-state index < -0.39 is 23.4 Å². The first-order chi connectivity index (χ1) is 9.89. The van der Waals surface area contributed by atoms with Crippen LogP contribution in [0.15, 0.2) is 0 Å². The number of carbonyl (C=O) groups excluding carboxylic acids is 3. The smallest absolute Gasteiger partial charge is 0.420 e. The van der Waals surface area contributed by atoms with Gasteiger partial charge in [0, 0.05) is 12.8 Å². The summed E-state index contributed by atoms with van der Waals surface area (Å²) >= 11 is 0. The molecular formula is C16H25NO5. The van der Waals surface area contributed by atoms with Crippen LogP contribution < -0.4 is 0 Å². The van der Waals surface area contributed by atoms with Crippen LogP contribution >= 0.6 is 0 Å². The van der Waals surface area contributed by atoms with E-state index in [1.807, 2.05) is 0 Å². The molecule has 0 saturated heterocycles. The molecule has 6 nitrogen and oxygen atoms in total. The van der Waals surface area contributed by atoms with E-state index in [9.17, 15) is 14.4 Å². The van der Waals surface area contributed by atoms with E-state index in [-0.39, 0.29) is 23.7 Å². The fourth-order valence-electron chi connectivity index (χ4n) is 2.90. The van der Waals surface area contributed by atoms with Gasteiger partial charge in [-0.05, 0) is 53.4 Å². The maximum atomic E-state index is 12.4. The van der Waals surface area contributed by atoms with Crippen molar-refractivity contribution in [1.29, 1.82) is 0 Å². The Morgan fingerprint density at radius 3 is 1.59 bits per heavy atom. The number of nitrogens with zero attached hydrogens (tertiary/aromatic N) is 1. The minimum absolute atomic E-state index is 0.0625. The molecule has 22 heavy (non-hydrogen) atoms. The van der Waals surface area contributed by atoms with Crippen LogP contribution in [0.1, 0.15) is 54.4 Å². The number of hydrogen-bond donors (Lipinski definition) is 0. The highest BCUT2D eigenvalue weighted by molar-refractivity contribution is 5.91. The fourth-order valence-corrected chi connectivity index (χ4v) is 2.90. The molecule has 0 aromatic rings. The van der Waals surface area contributed by atoms with Crippen molar-refractivity contribution < 1.29 is 23.9 Å². The third kappa shape index (κ3) is 3.78. The van der Waals surface area contributed by atoms with Gasteiger partial charge in [-0.3, -0.25) is 4.79 Å². The van der Waals surface area contributed by atoms with E-state index in [0.29, 0.717) is 12.8 Å². The minimum Gasteiger partial charge on any atom is -0.443 e. The average Bonchev–Trinajstić information content (AvgIpc) is 2.75. The molecule has 2 rings (SSSR count). The number of Topliss-reactive ketones (excluding diaryl/α,β-unsaturated/α-hetero) is 1. The van der Waals surface area contributed by atoms with Crippen molar-refractivity contribution in [2.45, 2.75) is 71.6 Å². The number of carbonyl (C=O) groups is 3. The van der Waals surface area contributed by atoms with Gasteiger partial charge < -0.3 is 9.47 Å². The molecule has 0 aliphatic heterocycles. The number of ether oxygens (including phenoxy) is 2. The third-order valence-corrected chi connectivity index (χ3v) is 3.69. The first-order valence-electron chi connectivity index (χ1n) is 7.66. The van der Waals surface area contributed by atoms with Crippen LogP contribution in [0.3, 0.4) is 0 Å². The number of rotatable bonds is 1. The molecule has 0 aromatic heterocycles. The Kier molecular flexibility index (Phi) is 4.00. The van der Waals surface area contributed by atoms with Gasteiger partial charge in [0.2, 0.25) is 0 Å². The summed E-state index contributed by atoms with van der Waals surface area (Å²) in [6, 6.07) is -0.276. The summed E-state index contributed by atoms with van der Waals surface area (Å²) < 4.78 is 10.7. The zero-order valence-corrected chi connectivity index (χ0v) is 14.1. The topological polar surface area (TPSA) is 72.9 Å². The summed E-state index contributed by atoms with van der Waals surface area (Å²) in [5.41, 5.74) is -1.39. The van der Waals surface area contributed by atoms with Crippen molar-refractivity contribution in [2.75, 3.05) is 0 Å². The number of imide groups is 1. The SMILES string of the molecule is CC(C)(C)OC(=O)N(C(=O)OC(C)(C)C)C1C2CC(=O)C[C@H]21. The molecule has 6 heteroatoms. The standard InChI is InChI=1S/C16H25NO5/c1-15(2,3)21-13(19)17(14(20)22-16(4,5)6)12-10-7-9(18)8-11(10)12/h10-12H,7-8H2,1-6H3/t10-,11?,12?/m1/s1. The fraction of sp³-hybridized carbons (Fsp3) is 0.812. The molecule has 0 N–H and O–H groups in total. The van der Waals surface area contributed by atoms with Crippen LogP contribution in [-0.4, -0.2) is 40.1 Å². The predicted molar refractivity (Wildman–Crippen MR) is 79.3 cm³/mol. The third-order valence-electron chi connectivity index (χ3n) is 3.69. The number of hydrogen-bond acceptors (Lipinski definition) is 5. The monoisotopic (exact) mass is 311 g/mol. The molecule has 2 aliphatic carbocycles. The molecule has 0 radical (unpaired) electrons.